The highest BCUT2D eigenvalue weighted by Crippen LogP contribution is 2.30. The van der Waals surface area contributed by atoms with Crippen LogP contribution >= 0.6 is 15.9 Å². The molecule has 4 heterocycles. The van der Waals surface area contributed by atoms with Gasteiger partial charge >= 0.3 is 6.09 Å². The van der Waals surface area contributed by atoms with Crippen LogP contribution in [0.2, 0.25) is 0 Å². The van der Waals surface area contributed by atoms with Gasteiger partial charge in [-0.3, -0.25) is 4.98 Å². The van der Waals surface area contributed by atoms with Crippen molar-refractivity contribution >= 4 is 44.4 Å². The number of halogens is 1. The number of rotatable bonds is 4. The molecule has 0 unspecified atom stereocenters. The van der Waals surface area contributed by atoms with Crippen LogP contribution in [0.15, 0.2) is 47.2 Å². The Morgan fingerprint density at radius 3 is 2.85 bits per heavy atom. The summed E-state index contributed by atoms with van der Waals surface area (Å²) in [5.74, 6) is 0.498. The number of nitrogen functional groups attached to an aromatic ring is 1. The lowest BCUT2D eigenvalue weighted by molar-refractivity contribution is 0.109. The third-order valence-electron chi connectivity index (χ3n) is 6.08. The lowest BCUT2D eigenvalue weighted by Gasteiger charge is -2.31. The molecule has 1 fully saturated rings. The molecule has 1 aromatic carbocycles. The first kappa shape index (κ1) is 21.6. The summed E-state index contributed by atoms with van der Waals surface area (Å²) in [6, 6.07) is 10.4. The molecule has 0 saturated carbocycles. The number of nitrogens with two attached hydrogens (primary N) is 1. The number of carbonyl (C=O) groups excluding carboxylic acids is 1. The summed E-state index contributed by atoms with van der Waals surface area (Å²) in [5, 5.41) is 9.07. The van der Waals surface area contributed by atoms with Crippen LogP contribution < -0.4 is 11.1 Å². The SMILES string of the molecule is COC(=O)N1CCC(NCc2nc3c(-c4cnc5ccccc5c4)cnn3c(N)c2Br)CC1. The quantitative estimate of drug-likeness (QED) is 0.432. The fourth-order valence-corrected chi connectivity index (χ4v) is 4.62. The maximum Gasteiger partial charge on any atom is 0.409 e. The number of fused-ring (bicyclic) bond motifs is 2. The third-order valence-corrected chi connectivity index (χ3v) is 6.94. The molecular formula is C23H24BrN7O2. The minimum atomic E-state index is -0.271. The van der Waals surface area contributed by atoms with E-state index in [4.69, 9.17) is 15.5 Å². The highest BCUT2D eigenvalue weighted by molar-refractivity contribution is 9.10. The summed E-state index contributed by atoms with van der Waals surface area (Å²) < 4.78 is 7.18. The average Bonchev–Trinajstić information content (AvgIpc) is 3.29. The second kappa shape index (κ2) is 8.95. The molecule has 1 saturated heterocycles. The number of para-hydroxylation sites is 1. The molecule has 1 amide bonds. The van der Waals surface area contributed by atoms with Gasteiger partial charge in [0.2, 0.25) is 0 Å². The van der Waals surface area contributed by atoms with E-state index in [1.54, 1.807) is 15.6 Å². The molecule has 0 atom stereocenters. The van der Waals surface area contributed by atoms with Crippen molar-refractivity contribution in [3.8, 4) is 11.1 Å². The van der Waals surface area contributed by atoms with Crippen molar-refractivity contribution in [3.63, 3.8) is 0 Å². The molecule has 9 nitrogen and oxygen atoms in total. The second-order valence-corrected chi connectivity index (χ2v) is 8.87. The standard InChI is InChI=1S/C23H24BrN7O2/c1-33-23(32)30-8-6-16(7-9-30)26-13-19-20(24)21(25)31-22(29-19)17(12-28-31)15-10-14-4-2-3-5-18(14)27-11-15/h2-5,10-12,16,26H,6-9,13,25H2,1H3. The molecular weight excluding hydrogens is 486 g/mol. The van der Waals surface area contributed by atoms with Gasteiger partial charge in [0.1, 0.15) is 5.82 Å². The van der Waals surface area contributed by atoms with Crippen LogP contribution in [0.25, 0.3) is 27.7 Å². The van der Waals surface area contributed by atoms with Crippen LogP contribution in [-0.2, 0) is 11.3 Å². The highest BCUT2D eigenvalue weighted by atomic mass is 79.9. The molecule has 33 heavy (non-hydrogen) atoms. The lowest BCUT2D eigenvalue weighted by atomic mass is 10.1. The summed E-state index contributed by atoms with van der Waals surface area (Å²) in [6.07, 6.45) is 5.05. The van der Waals surface area contributed by atoms with Crippen molar-refractivity contribution in [1.29, 1.82) is 0 Å². The van der Waals surface area contributed by atoms with Crippen molar-refractivity contribution < 1.29 is 9.53 Å². The van der Waals surface area contributed by atoms with Gasteiger partial charge in [0, 0.05) is 48.4 Å². The Bertz CT molecular complexity index is 1330. The lowest BCUT2D eigenvalue weighted by Crippen LogP contribution is -2.44. The zero-order chi connectivity index (χ0) is 22.9. The molecule has 10 heteroatoms. The topological polar surface area (TPSA) is 111 Å². The third kappa shape index (κ3) is 4.11. The number of benzene rings is 1. The second-order valence-electron chi connectivity index (χ2n) is 8.08. The van der Waals surface area contributed by atoms with Crippen molar-refractivity contribution in [2.45, 2.75) is 25.4 Å². The van der Waals surface area contributed by atoms with Crippen LogP contribution in [0.4, 0.5) is 10.6 Å². The molecule has 1 aliphatic rings. The van der Waals surface area contributed by atoms with E-state index in [-0.39, 0.29) is 12.1 Å². The van der Waals surface area contributed by atoms with E-state index in [0.29, 0.717) is 31.1 Å². The van der Waals surface area contributed by atoms with Gasteiger partial charge in [-0.25, -0.2) is 9.78 Å². The van der Waals surface area contributed by atoms with Gasteiger partial charge in [-0.2, -0.15) is 9.61 Å². The van der Waals surface area contributed by atoms with Gasteiger partial charge in [-0.1, -0.05) is 18.2 Å². The number of hydrogen-bond donors (Lipinski definition) is 2. The smallest absolute Gasteiger partial charge is 0.409 e. The van der Waals surface area contributed by atoms with Crippen LogP contribution in [0, 0.1) is 0 Å². The minimum absolute atomic E-state index is 0.271. The first-order chi connectivity index (χ1) is 16.0. The van der Waals surface area contributed by atoms with Crippen LogP contribution in [0.3, 0.4) is 0 Å². The van der Waals surface area contributed by atoms with Gasteiger partial charge in [0.25, 0.3) is 0 Å². The maximum absolute atomic E-state index is 11.7. The van der Waals surface area contributed by atoms with E-state index in [1.165, 1.54) is 7.11 Å². The fourth-order valence-electron chi connectivity index (χ4n) is 4.22. The van der Waals surface area contributed by atoms with E-state index in [9.17, 15) is 4.79 Å². The van der Waals surface area contributed by atoms with Gasteiger partial charge < -0.3 is 20.7 Å². The van der Waals surface area contributed by atoms with Gasteiger partial charge in [0.15, 0.2) is 5.65 Å². The number of nitrogens with zero attached hydrogens (tertiary/aromatic N) is 5. The number of likely N-dealkylation sites (tertiary alicyclic amines) is 1. The van der Waals surface area contributed by atoms with Crippen molar-refractivity contribution in [2.75, 3.05) is 25.9 Å². The summed E-state index contributed by atoms with van der Waals surface area (Å²) in [4.78, 5) is 22.9. The minimum Gasteiger partial charge on any atom is -0.453 e. The average molecular weight is 510 g/mol. The van der Waals surface area contributed by atoms with E-state index in [2.05, 4.69) is 37.4 Å². The Kier molecular flexibility index (Phi) is 5.86. The normalized spacial score (nSPS) is 14.8. The molecule has 1 aliphatic heterocycles. The maximum atomic E-state index is 11.7. The molecule has 170 valence electrons. The van der Waals surface area contributed by atoms with Crippen LogP contribution in [0.1, 0.15) is 18.5 Å². The van der Waals surface area contributed by atoms with Gasteiger partial charge in [-0.05, 0) is 40.9 Å². The number of hydrogen-bond acceptors (Lipinski definition) is 7. The predicted octanol–water partition coefficient (Wildman–Crippen LogP) is 3.61. The number of nitrogens with one attached hydrogen (secondary N) is 1. The molecule has 5 rings (SSSR count). The van der Waals surface area contributed by atoms with E-state index >= 15 is 0 Å². The number of piperidine rings is 1. The van der Waals surface area contributed by atoms with Crippen LogP contribution in [0.5, 0.6) is 0 Å². The highest BCUT2D eigenvalue weighted by Gasteiger charge is 2.24. The Balaban J connectivity index is 1.39. The zero-order valence-electron chi connectivity index (χ0n) is 18.2. The zero-order valence-corrected chi connectivity index (χ0v) is 19.7. The number of carbonyl (C=O) groups is 1. The van der Waals surface area contributed by atoms with E-state index in [0.717, 1.165) is 45.0 Å². The predicted molar refractivity (Wildman–Crippen MR) is 130 cm³/mol. The Labute approximate surface area is 199 Å². The number of methoxy groups -OCH3 is 1. The summed E-state index contributed by atoms with van der Waals surface area (Å²) in [7, 11) is 1.41. The number of aromatic nitrogens is 4. The summed E-state index contributed by atoms with van der Waals surface area (Å²) >= 11 is 3.59. The molecule has 0 spiro atoms. The first-order valence-corrected chi connectivity index (χ1v) is 11.6. The number of pyridine rings is 1. The first-order valence-electron chi connectivity index (χ1n) is 10.8. The molecule has 3 N–H and O–H groups in total. The monoisotopic (exact) mass is 509 g/mol. The molecule has 3 aromatic heterocycles. The number of amides is 1. The van der Waals surface area contributed by atoms with Crippen molar-refractivity contribution in [3.05, 3.63) is 52.9 Å². The van der Waals surface area contributed by atoms with E-state index in [1.807, 2.05) is 30.5 Å². The number of ether oxygens (including phenoxy) is 1. The largest absolute Gasteiger partial charge is 0.453 e. The van der Waals surface area contributed by atoms with E-state index < -0.39 is 0 Å². The molecule has 4 aromatic rings. The van der Waals surface area contributed by atoms with Gasteiger partial charge in [0.05, 0.1) is 29.0 Å². The Morgan fingerprint density at radius 2 is 2.06 bits per heavy atom. The van der Waals surface area contributed by atoms with Crippen molar-refractivity contribution in [1.82, 2.24) is 29.8 Å². The van der Waals surface area contributed by atoms with Crippen molar-refractivity contribution in [2.24, 2.45) is 0 Å². The fraction of sp³-hybridized carbons (Fsp3) is 0.304. The summed E-state index contributed by atoms with van der Waals surface area (Å²) in [6.45, 7) is 1.88. The van der Waals surface area contributed by atoms with Gasteiger partial charge in [-0.15, -0.1) is 0 Å². The molecule has 0 radical (unpaired) electrons. The number of anilines is 1. The molecule has 0 bridgehead atoms. The summed E-state index contributed by atoms with van der Waals surface area (Å²) in [5.41, 5.74) is 10.6. The Morgan fingerprint density at radius 1 is 1.27 bits per heavy atom. The Hall–Kier alpha value is -3.24. The molecule has 0 aliphatic carbocycles. The van der Waals surface area contributed by atoms with Crippen LogP contribution in [-0.4, -0.2) is 56.8 Å².